The Morgan fingerprint density at radius 1 is 1.52 bits per heavy atom. The van der Waals surface area contributed by atoms with E-state index in [1.165, 1.54) is 24.1 Å². The zero-order valence-corrected chi connectivity index (χ0v) is 12.8. The van der Waals surface area contributed by atoms with E-state index in [1.807, 2.05) is 0 Å². The van der Waals surface area contributed by atoms with Gasteiger partial charge < -0.3 is 9.64 Å². The maximum absolute atomic E-state index is 12.0. The molecule has 21 heavy (non-hydrogen) atoms. The Labute approximate surface area is 129 Å². The topological polar surface area (TPSA) is 89.8 Å². The zero-order chi connectivity index (χ0) is 15.6. The number of nitrogens with zero attached hydrogens (tertiary/aromatic N) is 2. The van der Waals surface area contributed by atoms with E-state index in [2.05, 4.69) is 20.7 Å². The monoisotopic (exact) mass is 356 g/mol. The van der Waals surface area contributed by atoms with Crippen molar-refractivity contribution >= 4 is 39.2 Å². The predicted molar refractivity (Wildman–Crippen MR) is 78.5 cm³/mol. The van der Waals surface area contributed by atoms with Gasteiger partial charge in [-0.05, 0) is 18.1 Å². The van der Waals surface area contributed by atoms with E-state index < -0.39 is 15.7 Å². The first-order chi connectivity index (χ1) is 9.93. The van der Waals surface area contributed by atoms with Crippen molar-refractivity contribution in [2.75, 3.05) is 18.6 Å². The summed E-state index contributed by atoms with van der Waals surface area (Å²) in [4.78, 5) is 34.6. The molecule has 7 nitrogen and oxygen atoms in total. The number of esters is 1. The van der Waals surface area contributed by atoms with E-state index in [1.54, 1.807) is 6.07 Å². The van der Waals surface area contributed by atoms with E-state index >= 15 is 0 Å². The van der Waals surface area contributed by atoms with Crippen LogP contribution in [0, 0.1) is 10.1 Å². The van der Waals surface area contributed by atoms with Crippen LogP contribution in [0.3, 0.4) is 0 Å². The van der Waals surface area contributed by atoms with Gasteiger partial charge in [-0.2, -0.15) is 0 Å². The number of aryl methyl sites for hydroxylation is 1. The number of alkyl halides is 1. The lowest BCUT2D eigenvalue weighted by atomic mass is 10.00. The molecule has 1 aromatic carbocycles. The number of nitro benzene ring substituents is 1. The van der Waals surface area contributed by atoms with Crippen molar-refractivity contribution in [3.63, 3.8) is 0 Å². The molecule has 1 aliphatic rings. The summed E-state index contributed by atoms with van der Waals surface area (Å²) in [5, 5.41) is 10.8. The van der Waals surface area contributed by atoms with Gasteiger partial charge in [0, 0.05) is 30.8 Å². The van der Waals surface area contributed by atoms with Gasteiger partial charge in [0.1, 0.15) is 4.83 Å². The summed E-state index contributed by atoms with van der Waals surface area (Å²) in [5.41, 5.74) is 1.32. The number of methoxy groups -OCH3 is 1. The van der Waals surface area contributed by atoms with E-state index in [-0.39, 0.29) is 24.6 Å². The number of rotatable bonds is 4. The van der Waals surface area contributed by atoms with Gasteiger partial charge in [0.15, 0.2) is 0 Å². The molecule has 0 spiro atoms. The van der Waals surface area contributed by atoms with Crippen molar-refractivity contribution < 1.29 is 19.2 Å². The van der Waals surface area contributed by atoms with Crippen LogP contribution in [0.4, 0.5) is 11.4 Å². The summed E-state index contributed by atoms with van der Waals surface area (Å²) in [7, 11) is 1.27. The largest absolute Gasteiger partial charge is 0.468 e. The Kier molecular flexibility index (Phi) is 4.56. The van der Waals surface area contributed by atoms with Crippen molar-refractivity contribution in [2.24, 2.45) is 0 Å². The Morgan fingerprint density at radius 3 is 2.86 bits per heavy atom. The van der Waals surface area contributed by atoms with E-state index in [0.29, 0.717) is 12.1 Å². The lowest BCUT2D eigenvalue weighted by Gasteiger charge is -2.30. The van der Waals surface area contributed by atoms with Crippen molar-refractivity contribution in [2.45, 2.75) is 17.7 Å². The highest BCUT2D eigenvalue weighted by molar-refractivity contribution is 9.10. The van der Waals surface area contributed by atoms with Crippen LogP contribution in [-0.4, -0.2) is 35.3 Å². The van der Waals surface area contributed by atoms with Crippen LogP contribution in [0.25, 0.3) is 0 Å². The van der Waals surface area contributed by atoms with Crippen LogP contribution in [0.5, 0.6) is 0 Å². The number of benzene rings is 1. The molecule has 112 valence electrons. The Bertz CT molecular complexity index is 604. The number of non-ortho nitro benzene ring substituents is 1. The fourth-order valence-corrected chi connectivity index (χ4v) is 2.70. The molecule has 1 amide bonds. The van der Waals surface area contributed by atoms with Crippen LogP contribution in [-0.2, 0) is 20.7 Å². The van der Waals surface area contributed by atoms with Gasteiger partial charge in [-0.25, -0.2) is 0 Å². The Hall–Kier alpha value is -1.96. The molecule has 1 atom stereocenters. The fraction of sp³-hybridized carbons (Fsp3) is 0.385. The van der Waals surface area contributed by atoms with Crippen LogP contribution in [0.1, 0.15) is 12.0 Å². The maximum atomic E-state index is 12.0. The molecule has 1 unspecified atom stereocenters. The molecule has 2 rings (SSSR count). The summed E-state index contributed by atoms with van der Waals surface area (Å²) in [6.45, 7) is 0.121. The lowest BCUT2D eigenvalue weighted by molar-refractivity contribution is -0.384. The molecule has 0 saturated heterocycles. The summed E-state index contributed by atoms with van der Waals surface area (Å²) in [5.74, 6) is -0.596. The molecule has 0 aliphatic carbocycles. The summed E-state index contributed by atoms with van der Waals surface area (Å²) < 4.78 is 4.61. The Morgan fingerprint density at radius 2 is 2.24 bits per heavy atom. The lowest BCUT2D eigenvalue weighted by Crippen LogP contribution is -2.41. The number of ether oxygens (including phenoxy) is 1. The van der Waals surface area contributed by atoms with Gasteiger partial charge in [0.25, 0.3) is 5.69 Å². The second-order valence-corrected chi connectivity index (χ2v) is 5.67. The highest BCUT2D eigenvalue weighted by atomic mass is 79.9. The molecule has 0 saturated carbocycles. The highest BCUT2D eigenvalue weighted by Gasteiger charge is 2.29. The molecule has 1 aliphatic heterocycles. The minimum Gasteiger partial charge on any atom is -0.468 e. The zero-order valence-electron chi connectivity index (χ0n) is 11.2. The summed E-state index contributed by atoms with van der Waals surface area (Å²) >= 11 is 3.18. The minimum absolute atomic E-state index is 0.00795. The van der Waals surface area contributed by atoms with Crippen molar-refractivity contribution in [1.29, 1.82) is 0 Å². The van der Waals surface area contributed by atoms with Gasteiger partial charge >= 0.3 is 5.97 Å². The van der Waals surface area contributed by atoms with Gasteiger partial charge in [0.05, 0.1) is 12.0 Å². The molecule has 0 radical (unpaired) electrons. The smallest absolute Gasteiger partial charge is 0.321 e. The highest BCUT2D eigenvalue weighted by Crippen LogP contribution is 2.31. The third kappa shape index (κ3) is 3.21. The molecule has 0 fully saturated rings. The summed E-state index contributed by atoms with van der Waals surface area (Å²) in [6, 6.07) is 4.36. The fourth-order valence-electron chi connectivity index (χ4n) is 2.22. The second-order valence-electron chi connectivity index (χ2n) is 4.57. The molecule has 1 aromatic rings. The first-order valence-corrected chi connectivity index (χ1v) is 7.15. The maximum Gasteiger partial charge on any atom is 0.321 e. The number of hydrogen-bond donors (Lipinski definition) is 0. The first-order valence-electron chi connectivity index (χ1n) is 6.23. The number of halogens is 1. The number of carbonyl (C=O) groups excluding carboxylic acids is 2. The quantitative estimate of drug-likeness (QED) is 0.355. The predicted octanol–water partition coefficient (Wildman–Crippen LogP) is 1.81. The number of amides is 1. The van der Waals surface area contributed by atoms with E-state index in [0.717, 1.165) is 5.56 Å². The second kappa shape index (κ2) is 6.21. The first kappa shape index (κ1) is 15.4. The standard InChI is InChI=1S/C13H13BrN2O5/c1-21-13(18)10(14)7-15-11-4-3-9(16(19)20)6-8(11)2-5-12(15)17/h3-4,6,10H,2,5,7H2,1H3. The number of fused-ring (bicyclic) bond motifs is 1. The van der Waals surface area contributed by atoms with Crippen LogP contribution < -0.4 is 4.90 Å². The number of hydrogen-bond acceptors (Lipinski definition) is 5. The normalized spacial score (nSPS) is 15.3. The van der Waals surface area contributed by atoms with Crippen molar-refractivity contribution in [3.8, 4) is 0 Å². The van der Waals surface area contributed by atoms with Crippen LogP contribution in [0.15, 0.2) is 18.2 Å². The molecule has 0 bridgehead atoms. The Balaban J connectivity index is 2.30. The average molecular weight is 357 g/mol. The molecule has 0 N–H and O–H groups in total. The third-order valence-electron chi connectivity index (χ3n) is 3.27. The molecular formula is C13H13BrN2O5. The number of carbonyl (C=O) groups is 2. The van der Waals surface area contributed by atoms with Crippen LogP contribution >= 0.6 is 15.9 Å². The van der Waals surface area contributed by atoms with Crippen LogP contribution in [0.2, 0.25) is 0 Å². The van der Waals surface area contributed by atoms with Gasteiger partial charge in [-0.3, -0.25) is 19.7 Å². The summed E-state index contributed by atoms with van der Waals surface area (Å²) in [6.07, 6.45) is 0.715. The van der Waals surface area contributed by atoms with Gasteiger partial charge in [-0.15, -0.1) is 0 Å². The van der Waals surface area contributed by atoms with E-state index in [9.17, 15) is 19.7 Å². The molecule has 1 heterocycles. The minimum atomic E-state index is -0.646. The van der Waals surface area contributed by atoms with E-state index in [4.69, 9.17) is 0 Å². The number of anilines is 1. The molecular weight excluding hydrogens is 344 g/mol. The molecule has 8 heteroatoms. The average Bonchev–Trinajstić information content (AvgIpc) is 2.48. The van der Waals surface area contributed by atoms with Gasteiger partial charge in [-0.1, -0.05) is 15.9 Å². The SMILES string of the molecule is COC(=O)C(Br)CN1C(=O)CCc2cc([N+](=O)[O-])ccc21. The number of nitro groups is 1. The van der Waals surface area contributed by atoms with Crippen molar-refractivity contribution in [1.82, 2.24) is 0 Å². The van der Waals surface area contributed by atoms with Gasteiger partial charge in [0.2, 0.25) is 5.91 Å². The third-order valence-corrected chi connectivity index (χ3v) is 3.94. The van der Waals surface area contributed by atoms with Crippen molar-refractivity contribution in [3.05, 3.63) is 33.9 Å². The molecule has 0 aromatic heterocycles.